The second-order valence-electron chi connectivity index (χ2n) is 5.44. The first kappa shape index (κ1) is 14.7. The summed E-state index contributed by atoms with van der Waals surface area (Å²) in [6.07, 6.45) is 2.13. The van der Waals surface area contributed by atoms with Crippen LogP contribution in [0.3, 0.4) is 0 Å². The molecule has 0 N–H and O–H groups in total. The minimum Gasteiger partial charge on any atom is -0.493 e. The normalized spacial score (nSPS) is 20.5. The first-order valence-corrected chi connectivity index (χ1v) is 7.47. The van der Waals surface area contributed by atoms with Crippen molar-refractivity contribution in [3.63, 3.8) is 0 Å². The van der Waals surface area contributed by atoms with E-state index in [4.69, 9.17) is 14.3 Å². The minimum absolute atomic E-state index is 0.0386. The van der Waals surface area contributed by atoms with Crippen molar-refractivity contribution in [1.29, 1.82) is 0 Å². The number of oxime groups is 1. The second kappa shape index (κ2) is 6.25. The highest BCUT2D eigenvalue weighted by Crippen LogP contribution is 2.29. The van der Waals surface area contributed by atoms with Gasteiger partial charge in [-0.05, 0) is 31.0 Å². The highest BCUT2D eigenvalue weighted by atomic mass is 16.6. The van der Waals surface area contributed by atoms with Crippen LogP contribution in [0.2, 0.25) is 0 Å². The van der Waals surface area contributed by atoms with E-state index in [-0.39, 0.29) is 5.91 Å². The van der Waals surface area contributed by atoms with Gasteiger partial charge in [-0.3, -0.25) is 4.79 Å². The fraction of sp³-hybridized carbons (Fsp3) is 0.500. The Balaban J connectivity index is 1.70. The molecule has 0 aromatic heterocycles. The van der Waals surface area contributed by atoms with Crippen LogP contribution in [0.1, 0.15) is 24.8 Å². The number of hydrogen-bond acceptors (Lipinski definition) is 5. The third kappa shape index (κ3) is 2.73. The molecule has 3 rings (SSSR count). The Kier molecular flexibility index (Phi) is 4.18. The lowest BCUT2D eigenvalue weighted by Crippen LogP contribution is -2.37. The third-order valence-electron chi connectivity index (χ3n) is 4.08. The fourth-order valence-corrected chi connectivity index (χ4v) is 2.84. The molecule has 118 valence electrons. The van der Waals surface area contributed by atoms with Gasteiger partial charge in [0.1, 0.15) is 0 Å². The largest absolute Gasteiger partial charge is 0.493 e. The van der Waals surface area contributed by atoms with E-state index < -0.39 is 6.10 Å². The number of rotatable bonds is 4. The molecular weight excluding hydrogens is 284 g/mol. The van der Waals surface area contributed by atoms with Crippen molar-refractivity contribution in [1.82, 2.24) is 4.90 Å². The third-order valence-corrected chi connectivity index (χ3v) is 4.08. The molecule has 0 bridgehead atoms. The summed E-state index contributed by atoms with van der Waals surface area (Å²) in [6.45, 7) is 1.65. The fourth-order valence-electron chi connectivity index (χ4n) is 2.84. The van der Waals surface area contributed by atoms with E-state index in [1.165, 1.54) is 0 Å². The van der Waals surface area contributed by atoms with Gasteiger partial charge in [-0.25, -0.2) is 0 Å². The van der Waals surface area contributed by atoms with Crippen molar-refractivity contribution in [2.24, 2.45) is 5.16 Å². The molecule has 6 nitrogen and oxygen atoms in total. The lowest BCUT2D eigenvalue weighted by molar-refractivity contribution is -0.140. The van der Waals surface area contributed by atoms with Gasteiger partial charge in [0, 0.05) is 25.1 Å². The summed E-state index contributed by atoms with van der Waals surface area (Å²) in [5.74, 6) is 1.34. The smallest absolute Gasteiger partial charge is 0.266 e. The van der Waals surface area contributed by atoms with Crippen molar-refractivity contribution in [3.8, 4) is 11.5 Å². The average Bonchev–Trinajstić information content (AvgIpc) is 3.25. The van der Waals surface area contributed by atoms with E-state index in [1.807, 2.05) is 23.1 Å². The zero-order chi connectivity index (χ0) is 15.5. The number of benzene rings is 1. The number of methoxy groups -OCH3 is 2. The number of hydrogen-bond donors (Lipinski definition) is 0. The van der Waals surface area contributed by atoms with Crippen LogP contribution >= 0.6 is 0 Å². The molecule has 2 aliphatic heterocycles. The van der Waals surface area contributed by atoms with Crippen LogP contribution < -0.4 is 9.47 Å². The maximum atomic E-state index is 12.3. The van der Waals surface area contributed by atoms with Gasteiger partial charge in [0.05, 0.1) is 19.9 Å². The van der Waals surface area contributed by atoms with E-state index in [2.05, 4.69) is 5.16 Å². The van der Waals surface area contributed by atoms with Gasteiger partial charge in [0.15, 0.2) is 11.5 Å². The summed E-state index contributed by atoms with van der Waals surface area (Å²) < 4.78 is 10.5. The Hall–Kier alpha value is -2.24. The van der Waals surface area contributed by atoms with E-state index in [9.17, 15) is 4.79 Å². The van der Waals surface area contributed by atoms with Crippen molar-refractivity contribution >= 4 is 11.6 Å². The predicted molar refractivity (Wildman–Crippen MR) is 81.4 cm³/mol. The SMILES string of the molecule is COc1ccc(C2=NO[C@H](C(=O)N3CCCC3)C2)cc1OC. The van der Waals surface area contributed by atoms with Gasteiger partial charge < -0.3 is 19.2 Å². The molecule has 1 saturated heterocycles. The average molecular weight is 304 g/mol. The number of amides is 1. The van der Waals surface area contributed by atoms with Crippen LogP contribution in [-0.2, 0) is 9.63 Å². The van der Waals surface area contributed by atoms with Crippen molar-refractivity contribution < 1.29 is 19.1 Å². The Morgan fingerprint density at radius 1 is 1.23 bits per heavy atom. The summed E-state index contributed by atoms with van der Waals surface area (Å²) in [5.41, 5.74) is 1.65. The van der Waals surface area contributed by atoms with Crippen molar-refractivity contribution in [3.05, 3.63) is 23.8 Å². The quantitative estimate of drug-likeness (QED) is 0.851. The molecule has 0 aliphatic carbocycles. The minimum atomic E-state index is -0.499. The van der Waals surface area contributed by atoms with Gasteiger partial charge in [-0.2, -0.15) is 0 Å². The monoisotopic (exact) mass is 304 g/mol. The van der Waals surface area contributed by atoms with Gasteiger partial charge in [-0.1, -0.05) is 5.16 Å². The number of carbonyl (C=O) groups is 1. The maximum Gasteiger partial charge on any atom is 0.266 e. The van der Waals surface area contributed by atoms with Gasteiger partial charge in [-0.15, -0.1) is 0 Å². The Labute approximate surface area is 129 Å². The molecule has 1 aromatic rings. The molecule has 2 heterocycles. The second-order valence-corrected chi connectivity index (χ2v) is 5.44. The molecule has 1 atom stereocenters. The Morgan fingerprint density at radius 3 is 2.64 bits per heavy atom. The van der Waals surface area contributed by atoms with Crippen LogP contribution in [0.5, 0.6) is 11.5 Å². The van der Waals surface area contributed by atoms with Crippen LogP contribution in [0.4, 0.5) is 0 Å². The molecule has 0 unspecified atom stereocenters. The molecule has 2 aliphatic rings. The highest BCUT2D eigenvalue weighted by molar-refractivity contribution is 6.04. The maximum absolute atomic E-state index is 12.3. The van der Waals surface area contributed by atoms with Gasteiger partial charge >= 0.3 is 0 Å². The molecule has 1 fully saturated rings. The van der Waals surface area contributed by atoms with Crippen LogP contribution in [0, 0.1) is 0 Å². The van der Waals surface area contributed by atoms with Gasteiger partial charge in [0.2, 0.25) is 6.10 Å². The number of carbonyl (C=O) groups excluding carboxylic acids is 1. The van der Waals surface area contributed by atoms with E-state index in [1.54, 1.807) is 14.2 Å². The summed E-state index contributed by atoms with van der Waals surface area (Å²) in [5, 5.41) is 4.08. The zero-order valence-corrected chi connectivity index (χ0v) is 12.9. The summed E-state index contributed by atoms with van der Waals surface area (Å²) in [7, 11) is 3.19. The number of nitrogens with zero attached hydrogens (tertiary/aromatic N) is 2. The molecular formula is C16H20N2O4. The molecule has 1 aromatic carbocycles. The van der Waals surface area contributed by atoms with Crippen molar-refractivity contribution in [2.75, 3.05) is 27.3 Å². The van der Waals surface area contributed by atoms with Crippen molar-refractivity contribution in [2.45, 2.75) is 25.4 Å². The zero-order valence-electron chi connectivity index (χ0n) is 12.9. The molecule has 0 spiro atoms. The van der Waals surface area contributed by atoms with Crippen LogP contribution in [0.25, 0.3) is 0 Å². The highest BCUT2D eigenvalue weighted by Gasteiger charge is 2.33. The summed E-state index contributed by atoms with van der Waals surface area (Å²) >= 11 is 0. The predicted octanol–water partition coefficient (Wildman–Crippen LogP) is 1.82. The van der Waals surface area contributed by atoms with E-state index in [0.717, 1.165) is 37.2 Å². The summed E-state index contributed by atoms with van der Waals surface area (Å²) in [6, 6.07) is 5.57. The first-order chi connectivity index (χ1) is 10.7. The number of ether oxygens (including phenoxy) is 2. The van der Waals surface area contributed by atoms with E-state index in [0.29, 0.717) is 17.9 Å². The van der Waals surface area contributed by atoms with E-state index >= 15 is 0 Å². The standard InChI is InChI=1S/C16H20N2O4/c1-20-13-6-5-11(9-14(13)21-2)12-10-15(22-17-12)16(19)18-7-3-4-8-18/h5-6,9,15H,3-4,7-8,10H2,1-2H3/t15-/m0/s1. The molecule has 0 saturated carbocycles. The van der Waals surface area contributed by atoms with Crippen LogP contribution in [-0.4, -0.2) is 49.9 Å². The Bertz CT molecular complexity index is 594. The van der Waals surface area contributed by atoms with Gasteiger partial charge in [0.25, 0.3) is 5.91 Å². The Morgan fingerprint density at radius 2 is 1.95 bits per heavy atom. The summed E-state index contributed by atoms with van der Waals surface area (Å²) in [4.78, 5) is 19.5. The first-order valence-electron chi connectivity index (χ1n) is 7.47. The molecule has 1 amide bonds. The van der Waals surface area contributed by atoms with Crippen LogP contribution in [0.15, 0.2) is 23.4 Å². The number of likely N-dealkylation sites (tertiary alicyclic amines) is 1. The molecule has 6 heteroatoms. The lowest BCUT2D eigenvalue weighted by Gasteiger charge is -2.18. The molecule has 0 radical (unpaired) electrons. The lowest BCUT2D eigenvalue weighted by atomic mass is 10.0. The molecule has 22 heavy (non-hydrogen) atoms. The topological polar surface area (TPSA) is 60.4 Å².